The van der Waals surface area contributed by atoms with Crippen molar-refractivity contribution in [1.82, 2.24) is 14.7 Å². The number of urea groups is 1. The van der Waals surface area contributed by atoms with Crippen molar-refractivity contribution in [2.75, 3.05) is 20.1 Å². The van der Waals surface area contributed by atoms with Crippen LogP contribution in [0.1, 0.15) is 32.1 Å². The topological polar surface area (TPSA) is 60.9 Å². The first-order valence-corrected chi connectivity index (χ1v) is 6.97. The quantitative estimate of drug-likeness (QED) is 0.646. The molecular formula is C13H19N3O3. The van der Waals surface area contributed by atoms with Crippen LogP contribution in [0.25, 0.3) is 0 Å². The largest absolute Gasteiger partial charge is 0.344 e. The van der Waals surface area contributed by atoms with Crippen LogP contribution in [0, 0.1) is 0 Å². The molecule has 0 saturated carbocycles. The van der Waals surface area contributed by atoms with E-state index in [9.17, 15) is 14.4 Å². The molecule has 3 aliphatic heterocycles. The molecule has 3 aliphatic rings. The van der Waals surface area contributed by atoms with Crippen molar-refractivity contribution in [3.05, 3.63) is 0 Å². The number of likely N-dealkylation sites (N-methyl/N-ethyl adjacent to an activating group) is 1. The fourth-order valence-electron chi connectivity index (χ4n) is 3.35. The number of carbonyl (C=O) groups is 3. The predicted octanol–water partition coefficient (Wildman–Crippen LogP) is 0.424. The molecule has 104 valence electrons. The molecule has 0 bridgehead atoms. The van der Waals surface area contributed by atoms with Crippen molar-refractivity contribution in [1.29, 1.82) is 0 Å². The van der Waals surface area contributed by atoms with E-state index in [0.717, 1.165) is 19.3 Å². The zero-order valence-electron chi connectivity index (χ0n) is 11.2. The Balaban J connectivity index is 1.79. The summed E-state index contributed by atoms with van der Waals surface area (Å²) in [5.74, 6) is 0.0329. The van der Waals surface area contributed by atoms with E-state index in [1.165, 1.54) is 4.90 Å². The number of amides is 4. The third-order valence-electron chi connectivity index (χ3n) is 4.44. The minimum Gasteiger partial charge on any atom is -0.344 e. The van der Waals surface area contributed by atoms with E-state index in [-0.39, 0.29) is 29.9 Å². The van der Waals surface area contributed by atoms with E-state index in [4.69, 9.17) is 0 Å². The third kappa shape index (κ3) is 1.89. The van der Waals surface area contributed by atoms with Crippen LogP contribution in [-0.2, 0) is 9.59 Å². The summed E-state index contributed by atoms with van der Waals surface area (Å²) in [4.78, 5) is 41.0. The molecule has 3 rings (SSSR count). The second kappa shape index (κ2) is 4.51. The fraction of sp³-hybridized carbons (Fsp3) is 0.769. The fourth-order valence-corrected chi connectivity index (χ4v) is 3.35. The van der Waals surface area contributed by atoms with Crippen LogP contribution in [0.15, 0.2) is 0 Å². The average Bonchev–Trinajstić information content (AvgIpc) is 2.66. The van der Waals surface area contributed by atoms with Gasteiger partial charge in [0.2, 0.25) is 5.91 Å². The number of nitrogens with zero attached hydrogens (tertiary/aromatic N) is 3. The number of imide groups is 1. The maximum atomic E-state index is 12.4. The standard InChI is InChI=1S/C13H19N3O3/c1-14-8-9(5-6-11(14)17)16-12(18)10-4-2-3-7-15(10)13(16)19/h9-10H,2-8H2,1H3/t9?,10-/m1/s1. The van der Waals surface area contributed by atoms with Gasteiger partial charge in [-0.1, -0.05) is 0 Å². The first-order chi connectivity index (χ1) is 9.09. The lowest BCUT2D eigenvalue weighted by atomic mass is 10.0. The van der Waals surface area contributed by atoms with Gasteiger partial charge in [-0.15, -0.1) is 0 Å². The monoisotopic (exact) mass is 265 g/mol. The van der Waals surface area contributed by atoms with Crippen LogP contribution in [0.3, 0.4) is 0 Å². The van der Waals surface area contributed by atoms with Gasteiger partial charge in [0.1, 0.15) is 6.04 Å². The minimum atomic E-state index is -0.246. The highest BCUT2D eigenvalue weighted by molar-refractivity contribution is 6.04. The Morgan fingerprint density at radius 3 is 2.58 bits per heavy atom. The molecule has 6 heteroatoms. The van der Waals surface area contributed by atoms with Gasteiger partial charge >= 0.3 is 6.03 Å². The Labute approximate surface area is 112 Å². The lowest BCUT2D eigenvalue weighted by Gasteiger charge is -2.34. The van der Waals surface area contributed by atoms with Gasteiger partial charge in [0.15, 0.2) is 0 Å². The molecular weight excluding hydrogens is 246 g/mol. The van der Waals surface area contributed by atoms with Crippen molar-refractivity contribution in [3.63, 3.8) is 0 Å². The molecule has 3 fully saturated rings. The maximum absolute atomic E-state index is 12.4. The van der Waals surface area contributed by atoms with Gasteiger partial charge in [-0.3, -0.25) is 14.5 Å². The van der Waals surface area contributed by atoms with Crippen LogP contribution in [0.4, 0.5) is 4.79 Å². The molecule has 19 heavy (non-hydrogen) atoms. The molecule has 1 unspecified atom stereocenters. The first-order valence-electron chi connectivity index (χ1n) is 6.97. The second-order valence-electron chi connectivity index (χ2n) is 5.66. The summed E-state index contributed by atoms with van der Waals surface area (Å²) in [6.45, 7) is 1.16. The third-order valence-corrected chi connectivity index (χ3v) is 4.44. The van der Waals surface area contributed by atoms with Gasteiger partial charge in [0.05, 0.1) is 6.04 Å². The van der Waals surface area contributed by atoms with Crippen LogP contribution < -0.4 is 0 Å². The lowest BCUT2D eigenvalue weighted by molar-refractivity contribution is -0.137. The Kier molecular flexibility index (Phi) is 2.95. The van der Waals surface area contributed by atoms with Crippen molar-refractivity contribution < 1.29 is 14.4 Å². The predicted molar refractivity (Wildman–Crippen MR) is 67.2 cm³/mol. The van der Waals surface area contributed by atoms with Crippen LogP contribution >= 0.6 is 0 Å². The normalized spacial score (nSPS) is 32.1. The summed E-state index contributed by atoms with van der Waals surface area (Å²) in [5, 5.41) is 0. The second-order valence-corrected chi connectivity index (χ2v) is 5.66. The van der Waals surface area contributed by atoms with Crippen molar-refractivity contribution >= 4 is 17.8 Å². The molecule has 3 heterocycles. The Bertz CT molecular complexity index is 413. The number of carbonyl (C=O) groups excluding carboxylic acids is 3. The number of likely N-dealkylation sites (tertiary alicyclic amines) is 1. The first kappa shape index (κ1) is 12.4. The molecule has 0 radical (unpaired) electrons. The van der Waals surface area contributed by atoms with Crippen molar-refractivity contribution in [2.45, 2.75) is 44.2 Å². The van der Waals surface area contributed by atoms with Crippen LogP contribution in [0.5, 0.6) is 0 Å². The summed E-state index contributed by atoms with van der Waals surface area (Å²) in [5.41, 5.74) is 0. The summed E-state index contributed by atoms with van der Waals surface area (Å²) in [6.07, 6.45) is 3.79. The van der Waals surface area contributed by atoms with E-state index in [0.29, 0.717) is 25.9 Å². The molecule has 0 aromatic rings. The Morgan fingerprint density at radius 1 is 1.11 bits per heavy atom. The highest BCUT2D eigenvalue weighted by atomic mass is 16.2. The zero-order chi connectivity index (χ0) is 13.6. The van der Waals surface area contributed by atoms with Crippen molar-refractivity contribution in [3.8, 4) is 0 Å². The summed E-state index contributed by atoms with van der Waals surface area (Å²) < 4.78 is 0. The van der Waals surface area contributed by atoms with Gasteiger partial charge in [0.25, 0.3) is 5.91 Å². The number of hydrogen-bond donors (Lipinski definition) is 0. The number of piperidine rings is 2. The highest BCUT2D eigenvalue weighted by Gasteiger charge is 2.49. The van der Waals surface area contributed by atoms with Crippen LogP contribution in [-0.4, -0.2) is 64.8 Å². The van der Waals surface area contributed by atoms with Gasteiger partial charge in [0, 0.05) is 26.6 Å². The van der Waals surface area contributed by atoms with Gasteiger partial charge in [-0.2, -0.15) is 0 Å². The van der Waals surface area contributed by atoms with E-state index < -0.39 is 0 Å². The SMILES string of the molecule is CN1CC(N2C(=O)[C@H]3CCCCN3C2=O)CCC1=O. The van der Waals surface area contributed by atoms with E-state index >= 15 is 0 Å². The Morgan fingerprint density at radius 2 is 1.89 bits per heavy atom. The maximum Gasteiger partial charge on any atom is 0.327 e. The molecule has 0 spiro atoms. The van der Waals surface area contributed by atoms with Gasteiger partial charge in [-0.05, 0) is 25.7 Å². The molecule has 0 aromatic heterocycles. The van der Waals surface area contributed by atoms with Gasteiger partial charge < -0.3 is 9.80 Å². The van der Waals surface area contributed by atoms with E-state index in [2.05, 4.69) is 0 Å². The molecule has 3 saturated heterocycles. The molecule has 0 N–H and O–H groups in total. The highest BCUT2D eigenvalue weighted by Crippen LogP contribution is 2.30. The Hall–Kier alpha value is -1.59. The van der Waals surface area contributed by atoms with Crippen molar-refractivity contribution in [2.24, 2.45) is 0 Å². The molecule has 6 nitrogen and oxygen atoms in total. The number of rotatable bonds is 1. The summed E-state index contributed by atoms with van der Waals surface area (Å²) in [7, 11) is 1.73. The minimum absolute atomic E-state index is 0.0579. The lowest BCUT2D eigenvalue weighted by Crippen LogP contribution is -2.51. The number of hydrogen-bond acceptors (Lipinski definition) is 3. The smallest absolute Gasteiger partial charge is 0.327 e. The van der Waals surface area contributed by atoms with E-state index in [1.807, 2.05) is 0 Å². The zero-order valence-corrected chi connectivity index (χ0v) is 11.2. The molecule has 2 atom stereocenters. The molecule has 0 aliphatic carbocycles. The molecule has 0 aromatic carbocycles. The molecule has 4 amide bonds. The van der Waals surface area contributed by atoms with Crippen LogP contribution in [0.2, 0.25) is 0 Å². The van der Waals surface area contributed by atoms with E-state index in [1.54, 1.807) is 16.8 Å². The summed E-state index contributed by atoms with van der Waals surface area (Å²) in [6, 6.07) is -0.542. The summed E-state index contributed by atoms with van der Waals surface area (Å²) >= 11 is 0. The number of fused-ring (bicyclic) bond motifs is 1. The average molecular weight is 265 g/mol. The van der Waals surface area contributed by atoms with Gasteiger partial charge in [-0.25, -0.2) is 4.79 Å².